The molecule has 0 radical (unpaired) electrons. The van der Waals surface area contributed by atoms with Gasteiger partial charge in [0.1, 0.15) is 5.75 Å². The third-order valence-corrected chi connectivity index (χ3v) is 4.75. The number of aromatic nitrogens is 1. The first-order chi connectivity index (χ1) is 13.2. The minimum atomic E-state index is 0.248. The van der Waals surface area contributed by atoms with Gasteiger partial charge in [-0.05, 0) is 42.9 Å². The maximum Gasteiger partial charge on any atom is 0.191 e. The number of methoxy groups -OCH3 is 1. The summed E-state index contributed by atoms with van der Waals surface area (Å²) in [7, 11) is 3.52. The smallest absolute Gasteiger partial charge is 0.191 e. The Kier molecular flexibility index (Phi) is 8.71. The van der Waals surface area contributed by atoms with Crippen LogP contribution in [0, 0.1) is 0 Å². The number of aliphatic imine (C=N–C) groups is 1. The van der Waals surface area contributed by atoms with Crippen molar-refractivity contribution >= 4 is 5.96 Å². The van der Waals surface area contributed by atoms with E-state index in [2.05, 4.69) is 69.5 Å². The lowest BCUT2D eigenvalue weighted by Crippen LogP contribution is -2.44. The van der Waals surface area contributed by atoms with Gasteiger partial charge in [-0.2, -0.15) is 0 Å². The molecule has 1 aromatic heterocycles. The molecule has 0 spiro atoms. The van der Waals surface area contributed by atoms with Crippen molar-refractivity contribution in [3.8, 4) is 5.75 Å². The Hall–Kier alpha value is -2.47. The second kappa shape index (κ2) is 11.3. The van der Waals surface area contributed by atoms with Crippen molar-refractivity contribution in [3.63, 3.8) is 0 Å². The van der Waals surface area contributed by atoms with E-state index in [-0.39, 0.29) is 6.04 Å². The highest BCUT2D eigenvalue weighted by atomic mass is 16.5. The molecule has 6 nitrogen and oxygen atoms in total. The molecule has 0 saturated heterocycles. The molecule has 1 aromatic carbocycles. The zero-order valence-corrected chi connectivity index (χ0v) is 17.0. The summed E-state index contributed by atoms with van der Waals surface area (Å²) in [6, 6.07) is 12.6. The monoisotopic (exact) mass is 371 g/mol. The van der Waals surface area contributed by atoms with Gasteiger partial charge in [0.2, 0.25) is 0 Å². The molecule has 0 bridgehead atoms. The number of guanidine groups is 1. The first-order valence-corrected chi connectivity index (χ1v) is 9.65. The average Bonchev–Trinajstić information content (AvgIpc) is 3.23. The Morgan fingerprint density at radius 1 is 1.15 bits per heavy atom. The van der Waals surface area contributed by atoms with Crippen molar-refractivity contribution in [3.05, 3.63) is 54.4 Å². The Morgan fingerprint density at radius 3 is 2.52 bits per heavy atom. The molecule has 1 heterocycles. The minimum absolute atomic E-state index is 0.248. The lowest BCUT2D eigenvalue weighted by atomic mass is 10.0. The average molecular weight is 372 g/mol. The van der Waals surface area contributed by atoms with Crippen LogP contribution in [0.25, 0.3) is 0 Å². The second-order valence-corrected chi connectivity index (χ2v) is 6.31. The van der Waals surface area contributed by atoms with Crippen LogP contribution >= 0.6 is 0 Å². The molecule has 148 valence electrons. The van der Waals surface area contributed by atoms with Crippen LogP contribution in [0.3, 0.4) is 0 Å². The molecule has 0 aliphatic carbocycles. The van der Waals surface area contributed by atoms with E-state index >= 15 is 0 Å². The zero-order valence-electron chi connectivity index (χ0n) is 17.0. The van der Waals surface area contributed by atoms with Crippen LogP contribution in [-0.2, 0) is 6.54 Å². The first kappa shape index (κ1) is 20.8. The standard InChI is InChI=1S/C21H33N5O/c1-5-26(6-2)20(18-10-9-11-19(16-18)27-4)17-24-21(22-3)23-12-15-25-13-7-8-14-25/h7-11,13-14,16,20H,5-6,12,15,17H2,1-4H3,(H2,22,23,24). The van der Waals surface area contributed by atoms with Gasteiger partial charge in [0.05, 0.1) is 13.2 Å². The predicted octanol–water partition coefficient (Wildman–Crippen LogP) is 2.74. The summed E-state index contributed by atoms with van der Waals surface area (Å²) in [4.78, 5) is 6.80. The van der Waals surface area contributed by atoms with Crippen molar-refractivity contribution in [1.29, 1.82) is 0 Å². The molecule has 0 aliphatic heterocycles. The van der Waals surface area contributed by atoms with E-state index in [1.54, 1.807) is 7.11 Å². The van der Waals surface area contributed by atoms with Crippen molar-refractivity contribution in [1.82, 2.24) is 20.1 Å². The quantitative estimate of drug-likeness (QED) is 0.498. The molecule has 6 heteroatoms. The topological polar surface area (TPSA) is 53.8 Å². The van der Waals surface area contributed by atoms with Crippen molar-refractivity contribution < 1.29 is 4.74 Å². The van der Waals surface area contributed by atoms with E-state index in [0.717, 1.165) is 44.4 Å². The maximum atomic E-state index is 5.41. The number of nitrogens with one attached hydrogen (secondary N) is 2. The van der Waals surface area contributed by atoms with Crippen LogP contribution in [0.2, 0.25) is 0 Å². The molecule has 0 amide bonds. The summed E-state index contributed by atoms with van der Waals surface area (Å²) in [5.74, 6) is 1.71. The number of ether oxygens (including phenoxy) is 1. The second-order valence-electron chi connectivity index (χ2n) is 6.31. The fourth-order valence-corrected chi connectivity index (χ4v) is 3.21. The Labute approximate surface area is 163 Å². The Bertz CT molecular complexity index is 680. The summed E-state index contributed by atoms with van der Waals surface area (Å²) in [6.45, 7) is 8.87. The van der Waals surface area contributed by atoms with Crippen LogP contribution in [0.1, 0.15) is 25.5 Å². The molecule has 0 fully saturated rings. The molecule has 0 saturated carbocycles. The number of benzene rings is 1. The minimum Gasteiger partial charge on any atom is -0.497 e. The molecule has 0 aliphatic rings. The predicted molar refractivity (Wildman–Crippen MR) is 112 cm³/mol. The zero-order chi connectivity index (χ0) is 19.5. The SMILES string of the molecule is CCN(CC)C(CNC(=NC)NCCn1cccc1)c1cccc(OC)c1. The third-order valence-electron chi connectivity index (χ3n) is 4.75. The van der Waals surface area contributed by atoms with Crippen molar-refractivity contribution in [2.75, 3.05) is 40.3 Å². The van der Waals surface area contributed by atoms with E-state index in [4.69, 9.17) is 4.74 Å². The number of likely N-dealkylation sites (N-methyl/N-ethyl adjacent to an activating group) is 1. The molecule has 27 heavy (non-hydrogen) atoms. The molecular weight excluding hydrogens is 338 g/mol. The van der Waals surface area contributed by atoms with Crippen LogP contribution in [0.15, 0.2) is 53.8 Å². The molecule has 2 aromatic rings. The first-order valence-electron chi connectivity index (χ1n) is 9.65. The van der Waals surface area contributed by atoms with E-state index in [0.29, 0.717) is 0 Å². The van der Waals surface area contributed by atoms with Gasteiger partial charge in [0.15, 0.2) is 5.96 Å². The summed E-state index contributed by atoms with van der Waals surface area (Å²) >= 11 is 0. The lowest BCUT2D eigenvalue weighted by Gasteiger charge is -2.31. The van der Waals surface area contributed by atoms with E-state index < -0.39 is 0 Å². The van der Waals surface area contributed by atoms with Gasteiger partial charge < -0.3 is 19.9 Å². The summed E-state index contributed by atoms with van der Waals surface area (Å²) in [5, 5.41) is 6.87. The number of rotatable bonds is 10. The van der Waals surface area contributed by atoms with Crippen LogP contribution in [-0.4, -0.2) is 55.8 Å². The van der Waals surface area contributed by atoms with Gasteiger partial charge in [0.25, 0.3) is 0 Å². The molecule has 2 rings (SSSR count). The van der Waals surface area contributed by atoms with E-state index in [1.807, 2.05) is 25.2 Å². The Morgan fingerprint density at radius 2 is 1.89 bits per heavy atom. The highest BCUT2D eigenvalue weighted by Gasteiger charge is 2.19. The lowest BCUT2D eigenvalue weighted by molar-refractivity contribution is 0.218. The highest BCUT2D eigenvalue weighted by molar-refractivity contribution is 5.79. The normalized spacial score (nSPS) is 12.9. The highest BCUT2D eigenvalue weighted by Crippen LogP contribution is 2.23. The number of hydrogen-bond donors (Lipinski definition) is 2. The van der Waals surface area contributed by atoms with Gasteiger partial charge in [-0.3, -0.25) is 9.89 Å². The van der Waals surface area contributed by atoms with Gasteiger partial charge in [0, 0.05) is 39.1 Å². The van der Waals surface area contributed by atoms with Crippen LogP contribution < -0.4 is 15.4 Å². The third kappa shape index (κ3) is 6.32. The molecule has 1 unspecified atom stereocenters. The summed E-state index contributed by atoms with van der Waals surface area (Å²) in [5.41, 5.74) is 1.24. The molecule has 1 atom stereocenters. The fourth-order valence-electron chi connectivity index (χ4n) is 3.21. The molecular formula is C21H33N5O. The van der Waals surface area contributed by atoms with Gasteiger partial charge >= 0.3 is 0 Å². The largest absolute Gasteiger partial charge is 0.497 e. The summed E-state index contributed by atoms with van der Waals surface area (Å²) < 4.78 is 7.56. The van der Waals surface area contributed by atoms with Crippen molar-refractivity contribution in [2.45, 2.75) is 26.4 Å². The van der Waals surface area contributed by atoms with Crippen LogP contribution in [0.4, 0.5) is 0 Å². The maximum absolute atomic E-state index is 5.41. The Balaban J connectivity index is 1.98. The van der Waals surface area contributed by atoms with Gasteiger partial charge in [-0.25, -0.2) is 0 Å². The number of nitrogens with zero attached hydrogens (tertiary/aromatic N) is 3. The van der Waals surface area contributed by atoms with E-state index in [9.17, 15) is 0 Å². The number of hydrogen-bond acceptors (Lipinski definition) is 3. The molecule has 2 N–H and O–H groups in total. The van der Waals surface area contributed by atoms with Crippen LogP contribution in [0.5, 0.6) is 5.75 Å². The summed E-state index contributed by atoms with van der Waals surface area (Å²) in [6.07, 6.45) is 4.13. The van der Waals surface area contributed by atoms with Gasteiger partial charge in [-0.1, -0.05) is 26.0 Å². The fraction of sp³-hybridized carbons (Fsp3) is 0.476. The van der Waals surface area contributed by atoms with Gasteiger partial charge in [-0.15, -0.1) is 0 Å². The van der Waals surface area contributed by atoms with E-state index in [1.165, 1.54) is 5.56 Å². The van der Waals surface area contributed by atoms with Crippen molar-refractivity contribution in [2.24, 2.45) is 4.99 Å².